The third-order valence-corrected chi connectivity index (χ3v) is 3.19. The van der Waals surface area contributed by atoms with Crippen LogP contribution in [0.3, 0.4) is 0 Å². The summed E-state index contributed by atoms with van der Waals surface area (Å²) < 4.78 is 12.8. The summed E-state index contributed by atoms with van der Waals surface area (Å²) in [5, 5.41) is 0. The molecular formula is C17H18FNO. The quantitative estimate of drug-likeness (QED) is 0.789. The minimum atomic E-state index is -0.329. The smallest absolute Gasteiger partial charge is 0.182 e. The summed E-state index contributed by atoms with van der Waals surface area (Å²) in [4.78, 5) is 14.1. The molecule has 2 aromatic rings. The molecule has 104 valence electrons. The van der Waals surface area contributed by atoms with Gasteiger partial charge in [0, 0.05) is 18.3 Å². The summed E-state index contributed by atoms with van der Waals surface area (Å²) in [5.74, 6) is -0.351. The van der Waals surface area contributed by atoms with Gasteiger partial charge in [0.2, 0.25) is 0 Å². The second kappa shape index (κ2) is 5.87. The maximum atomic E-state index is 12.8. The van der Waals surface area contributed by atoms with Gasteiger partial charge in [-0.2, -0.15) is 0 Å². The van der Waals surface area contributed by atoms with Crippen LogP contribution in [0, 0.1) is 19.7 Å². The highest BCUT2D eigenvalue weighted by Crippen LogP contribution is 2.18. The largest absolute Gasteiger partial charge is 0.367 e. The molecule has 0 heterocycles. The zero-order valence-corrected chi connectivity index (χ0v) is 12.0. The van der Waals surface area contributed by atoms with Crippen LogP contribution in [0.5, 0.6) is 0 Å². The fraction of sp³-hybridized carbons (Fsp3) is 0.235. The molecule has 0 saturated carbocycles. The SMILES string of the molecule is Cc1cc(C)cc(N(C)CC(=O)c2ccc(F)cc2)c1. The molecule has 0 aliphatic rings. The number of carbonyl (C=O) groups excluding carboxylic acids is 1. The predicted molar refractivity (Wildman–Crippen MR) is 79.9 cm³/mol. The number of halogens is 1. The van der Waals surface area contributed by atoms with Gasteiger partial charge in [-0.1, -0.05) is 6.07 Å². The van der Waals surface area contributed by atoms with Gasteiger partial charge < -0.3 is 4.90 Å². The summed E-state index contributed by atoms with van der Waals surface area (Å²) >= 11 is 0. The molecule has 2 rings (SSSR count). The fourth-order valence-corrected chi connectivity index (χ4v) is 2.20. The fourth-order valence-electron chi connectivity index (χ4n) is 2.20. The molecule has 3 heteroatoms. The van der Waals surface area contributed by atoms with Crippen LogP contribution in [-0.2, 0) is 0 Å². The highest BCUT2D eigenvalue weighted by atomic mass is 19.1. The summed E-state index contributed by atoms with van der Waals surface area (Å²) in [6.07, 6.45) is 0. The first-order valence-electron chi connectivity index (χ1n) is 6.54. The van der Waals surface area contributed by atoms with E-state index in [2.05, 4.69) is 6.07 Å². The van der Waals surface area contributed by atoms with Gasteiger partial charge in [-0.15, -0.1) is 0 Å². The summed E-state index contributed by atoms with van der Waals surface area (Å²) in [6.45, 7) is 4.34. The lowest BCUT2D eigenvalue weighted by Crippen LogP contribution is -2.25. The molecule has 2 nitrogen and oxygen atoms in total. The number of hydrogen-bond donors (Lipinski definition) is 0. The molecule has 0 amide bonds. The lowest BCUT2D eigenvalue weighted by Gasteiger charge is -2.19. The van der Waals surface area contributed by atoms with Crippen LogP contribution in [0.2, 0.25) is 0 Å². The van der Waals surface area contributed by atoms with Gasteiger partial charge in [0.25, 0.3) is 0 Å². The topological polar surface area (TPSA) is 20.3 Å². The molecule has 0 fully saturated rings. The number of likely N-dealkylation sites (N-methyl/N-ethyl adjacent to an activating group) is 1. The van der Waals surface area contributed by atoms with Crippen molar-refractivity contribution >= 4 is 11.5 Å². The second-order valence-electron chi connectivity index (χ2n) is 5.13. The van der Waals surface area contributed by atoms with E-state index >= 15 is 0 Å². The van der Waals surface area contributed by atoms with Crippen LogP contribution in [-0.4, -0.2) is 19.4 Å². The molecule has 0 unspecified atom stereocenters. The van der Waals surface area contributed by atoms with Gasteiger partial charge in [0.1, 0.15) is 5.82 Å². The lowest BCUT2D eigenvalue weighted by molar-refractivity contribution is 0.100. The molecule has 0 spiro atoms. The normalized spacial score (nSPS) is 10.4. The van der Waals surface area contributed by atoms with Crippen molar-refractivity contribution < 1.29 is 9.18 Å². The number of ketones is 1. The van der Waals surface area contributed by atoms with Crippen molar-refractivity contribution in [1.29, 1.82) is 0 Å². The van der Waals surface area contributed by atoms with Gasteiger partial charge in [0.05, 0.1) is 6.54 Å². The maximum absolute atomic E-state index is 12.8. The number of hydrogen-bond acceptors (Lipinski definition) is 2. The number of aryl methyl sites for hydroxylation is 2. The molecule has 0 aromatic heterocycles. The van der Waals surface area contributed by atoms with Crippen LogP contribution in [0.25, 0.3) is 0 Å². The van der Waals surface area contributed by atoms with Crippen LogP contribution >= 0.6 is 0 Å². The third kappa shape index (κ3) is 3.44. The minimum Gasteiger partial charge on any atom is -0.367 e. The summed E-state index contributed by atoms with van der Waals surface area (Å²) in [6, 6.07) is 11.9. The Labute approximate surface area is 118 Å². The van der Waals surface area contributed by atoms with E-state index in [4.69, 9.17) is 0 Å². The average molecular weight is 271 g/mol. The first kappa shape index (κ1) is 14.3. The van der Waals surface area contributed by atoms with Gasteiger partial charge in [0.15, 0.2) is 5.78 Å². The van der Waals surface area contributed by atoms with E-state index in [1.807, 2.05) is 37.9 Å². The Morgan fingerprint density at radius 3 is 2.15 bits per heavy atom. The Hall–Kier alpha value is -2.16. The van der Waals surface area contributed by atoms with Crippen molar-refractivity contribution in [2.24, 2.45) is 0 Å². The molecular weight excluding hydrogens is 253 g/mol. The van der Waals surface area contributed by atoms with Gasteiger partial charge in [-0.25, -0.2) is 4.39 Å². The first-order chi connectivity index (χ1) is 9.45. The van der Waals surface area contributed by atoms with Crippen molar-refractivity contribution in [3.63, 3.8) is 0 Å². The number of anilines is 1. The zero-order chi connectivity index (χ0) is 14.7. The molecule has 0 aliphatic heterocycles. The first-order valence-corrected chi connectivity index (χ1v) is 6.54. The van der Waals surface area contributed by atoms with Crippen LogP contribution in [0.1, 0.15) is 21.5 Å². The molecule has 0 radical (unpaired) electrons. The Bertz CT molecular complexity index is 599. The molecule has 2 aromatic carbocycles. The number of Topliss-reactive ketones (excluding diaryl/α,β-unsaturated/α-hetero) is 1. The minimum absolute atomic E-state index is 0.0216. The summed E-state index contributed by atoms with van der Waals surface area (Å²) in [5.41, 5.74) is 3.88. The molecule has 0 saturated heterocycles. The molecule has 0 N–H and O–H groups in total. The second-order valence-corrected chi connectivity index (χ2v) is 5.13. The average Bonchev–Trinajstić information content (AvgIpc) is 2.38. The Balaban J connectivity index is 2.12. The van der Waals surface area contributed by atoms with Gasteiger partial charge >= 0.3 is 0 Å². The van der Waals surface area contributed by atoms with Crippen LogP contribution in [0.15, 0.2) is 42.5 Å². The monoisotopic (exact) mass is 271 g/mol. The summed E-state index contributed by atoms with van der Waals surface area (Å²) in [7, 11) is 1.88. The van der Waals surface area contributed by atoms with Crippen molar-refractivity contribution in [3.05, 3.63) is 65.0 Å². The number of benzene rings is 2. The number of nitrogens with zero attached hydrogens (tertiary/aromatic N) is 1. The Morgan fingerprint density at radius 2 is 1.60 bits per heavy atom. The maximum Gasteiger partial charge on any atom is 0.182 e. The van der Waals surface area contributed by atoms with Crippen molar-refractivity contribution in [2.75, 3.05) is 18.5 Å². The Kier molecular flexibility index (Phi) is 4.18. The van der Waals surface area contributed by atoms with E-state index in [9.17, 15) is 9.18 Å². The molecule has 0 aliphatic carbocycles. The number of rotatable bonds is 4. The molecule has 20 heavy (non-hydrogen) atoms. The van der Waals surface area contributed by atoms with Crippen molar-refractivity contribution in [1.82, 2.24) is 0 Å². The van der Waals surface area contributed by atoms with E-state index in [1.54, 1.807) is 0 Å². The van der Waals surface area contributed by atoms with E-state index in [-0.39, 0.29) is 18.1 Å². The van der Waals surface area contributed by atoms with E-state index in [0.29, 0.717) is 5.56 Å². The number of carbonyl (C=O) groups is 1. The molecule has 0 atom stereocenters. The standard InChI is InChI=1S/C17H18FNO/c1-12-8-13(2)10-16(9-12)19(3)11-17(20)14-4-6-15(18)7-5-14/h4-10H,11H2,1-3H3. The van der Waals surface area contributed by atoms with E-state index in [0.717, 1.165) is 5.69 Å². The van der Waals surface area contributed by atoms with Gasteiger partial charge in [-0.05, 0) is 61.4 Å². The lowest BCUT2D eigenvalue weighted by atomic mass is 10.1. The predicted octanol–water partition coefficient (Wildman–Crippen LogP) is 3.76. The van der Waals surface area contributed by atoms with E-state index in [1.165, 1.54) is 35.4 Å². The van der Waals surface area contributed by atoms with E-state index < -0.39 is 0 Å². The van der Waals surface area contributed by atoms with Crippen LogP contribution < -0.4 is 4.90 Å². The highest BCUT2D eigenvalue weighted by molar-refractivity contribution is 5.99. The van der Waals surface area contributed by atoms with Crippen molar-refractivity contribution in [3.8, 4) is 0 Å². The molecule has 0 bridgehead atoms. The highest BCUT2D eigenvalue weighted by Gasteiger charge is 2.10. The Morgan fingerprint density at radius 1 is 1.05 bits per heavy atom. The van der Waals surface area contributed by atoms with Crippen molar-refractivity contribution in [2.45, 2.75) is 13.8 Å². The van der Waals surface area contributed by atoms with Crippen LogP contribution in [0.4, 0.5) is 10.1 Å². The zero-order valence-electron chi connectivity index (χ0n) is 12.0. The van der Waals surface area contributed by atoms with Gasteiger partial charge in [-0.3, -0.25) is 4.79 Å². The third-order valence-electron chi connectivity index (χ3n) is 3.19.